The van der Waals surface area contributed by atoms with Gasteiger partial charge in [-0.2, -0.15) is 0 Å². The zero-order valence-corrected chi connectivity index (χ0v) is 10.8. The SMILES string of the molecule is CN(C)C(=O)c1ccc2cc(CCN)ccc2c1. The third-order valence-corrected chi connectivity index (χ3v) is 2.99. The Bertz CT molecular complexity index is 576. The summed E-state index contributed by atoms with van der Waals surface area (Å²) >= 11 is 0. The largest absolute Gasteiger partial charge is 0.345 e. The minimum Gasteiger partial charge on any atom is -0.345 e. The van der Waals surface area contributed by atoms with Gasteiger partial charge < -0.3 is 10.6 Å². The second kappa shape index (κ2) is 5.19. The topological polar surface area (TPSA) is 46.3 Å². The average Bonchev–Trinajstić information content (AvgIpc) is 2.37. The van der Waals surface area contributed by atoms with Gasteiger partial charge in [0.2, 0.25) is 0 Å². The number of nitrogens with two attached hydrogens (primary N) is 1. The molecule has 0 saturated carbocycles. The van der Waals surface area contributed by atoms with E-state index in [2.05, 4.69) is 12.1 Å². The zero-order chi connectivity index (χ0) is 13.1. The molecule has 0 unspecified atom stereocenters. The van der Waals surface area contributed by atoms with Crippen LogP contribution in [0.3, 0.4) is 0 Å². The second-order valence-corrected chi connectivity index (χ2v) is 4.63. The molecule has 2 aromatic rings. The molecule has 1 amide bonds. The highest BCUT2D eigenvalue weighted by molar-refractivity contribution is 5.98. The van der Waals surface area contributed by atoms with Crippen molar-refractivity contribution in [1.82, 2.24) is 4.90 Å². The third kappa shape index (κ3) is 2.51. The van der Waals surface area contributed by atoms with Gasteiger partial charge in [-0.1, -0.05) is 24.3 Å². The molecule has 2 N–H and O–H groups in total. The second-order valence-electron chi connectivity index (χ2n) is 4.63. The number of benzene rings is 2. The highest BCUT2D eigenvalue weighted by Crippen LogP contribution is 2.19. The van der Waals surface area contributed by atoms with Gasteiger partial charge in [-0.25, -0.2) is 0 Å². The van der Waals surface area contributed by atoms with Crippen LogP contribution in [0.4, 0.5) is 0 Å². The van der Waals surface area contributed by atoms with Crippen LogP contribution >= 0.6 is 0 Å². The van der Waals surface area contributed by atoms with Crippen molar-refractivity contribution in [3.63, 3.8) is 0 Å². The van der Waals surface area contributed by atoms with E-state index in [-0.39, 0.29) is 5.91 Å². The van der Waals surface area contributed by atoms with Crippen LogP contribution in [0.5, 0.6) is 0 Å². The standard InChI is InChI=1S/C15H18N2O/c1-17(2)15(18)14-6-5-12-9-11(7-8-16)3-4-13(12)10-14/h3-6,9-10H,7-8,16H2,1-2H3. The minimum absolute atomic E-state index is 0.0305. The first-order valence-corrected chi connectivity index (χ1v) is 6.06. The summed E-state index contributed by atoms with van der Waals surface area (Å²) < 4.78 is 0. The van der Waals surface area contributed by atoms with Crippen LogP contribution in [-0.4, -0.2) is 31.4 Å². The van der Waals surface area contributed by atoms with E-state index in [4.69, 9.17) is 5.73 Å². The predicted octanol–water partition coefficient (Wildman–Crippen LogP) is 2.04. The van der Waals surface area contributed by atoms with Crippen LogP contribution in [-0.2, 0) is 6.42 Å². The van der Waals surface area contributed by atoms with Crippen LogP contribution in [0.1, 0.15) is 15.9 Å². The van der Waals surface area contributed by atoms with Crippen LogP contribution in [0, 0.1) is 0 Å². The molecule has 0 radical (unpaired) electrons. The Kier molecular flexibility index (Phi) is 3.63. The van der Waals surface area contributed by atoms with Gasteiger partial charge >= 0.3 is 0 Å². The number of carbonyl (C=O) groups excluding carboxylic acids is 1. The van der Waals surface area contributed by atoms with Crippen LogP contribution < -0.4 is 5.73 Å². The van der Waals surface area contributed by atoms with Gasteiger partial charge in [-0.15, -0.1) is 0 Å². The summed E-state index contributed by atoms with van der Waals surface area (Å²) in [6.45, 7) is 0.655. The molecule has 0 heterocycles. The fourth-order valence-electron chi connectivity index (χ4n) is 2.01. The fraction of sp³-hybridized carbons (Fsp3) is 0.267. The molecule has 2 rings (SSSR count). The number of hydrogen-bond donors (Lipinski definition) is 1. The monoisotopic (exact) mass is 242 g/mol. The number of rotatable bonds is 3. The van der Waals surface area contributed by atoms with Gasteiger partial charge in [0.15, 0.2) is 0 Å². The molecule has 0 spiro atoms. The van der Waals surface area contributed by atoms with Crippen molar-refractivity contribution in [1.29, 1.82) is 0 Å². The highest BCUT2D eigenvalue weighted by Gasteiger charge is 2.08. The molecule has 94 valence electrons. The van der Waals surface area contributed by atoms with Crippen molar-refractivity contribution in [2.24, 2.45) is 5.73 Å². The zero-order valence-electron chi connectivity index (χ0n) is 10.8. The van der Waals surface area contributed by atoms with Crippen LogP contribution in [0.25, 0.3) is 10.8 Å². The first-order valence-electron chi connectivity index (χ1n) is 6.06. The smallest absolute Gasteiger partial charge is 0.253 e. The Morgan fingerprint density at radius 2 is 1.78 bits per heavy atom. The first-order chi connectivity index (χ1) is 8.61. The van der Waals surface area contributed by atoms with Crippen molar-refractivity contribution in [2.45, 2.75) is 6.42 Å². The van der Waals surface area contributed by atoms with E-state index in [0.29, 0.717) is 6.54 Å². The molecule has 0 aliphatic carbocycles. The fourth-order valence-corrected chi connectivity index (χ4v) is 2.01. The molecule has 0 fully saturated rings. The van der Waals surface area contributed by atoms with E-state index in [0.717, 1.165) is 22.8 Å². The highest BCUT2D eigenvalue weighted by atomic mass is 16.2. The van der Waals surface area contributed by atoms with Crippen LogP contribution in [0.15, 0.2) is 36.4 Å². The van der Waals surface area contributed by atoms with Gasteiger partial charge in [0.05, 0.1) is 0 Å². The Morgan fingerprint density at radius 1 is 1.11 bits per heavy atom. The van der Waals surface area contributed by atoms with E-state index in [9.17, 15) is 4.79 Å². The summed E-state index contributed by atoms with van der Waals surface area (Å²) in [5, 5.41) is 2.24. The summed E-state index contributed by atoms with van der Waals surface area (Å²) in [7, 11) is 3.52. The van der Waals surface area contributed by atoms with E-state index < -0.39 is 0 Å². The summed E-state index contributed by atoms with van der Waals surface area (Å²) in [6.07, 6.45) is 0.883. The average molecular weight is 242 g/mol. The molecule has 0 bridgehead atoms. The molecule has 0 saturated heterocycles. The lowest BCUT2D eigenvalue weighted by Crippen LogP contribution is -2.21. The van der Waals surface area contributed by atoms with E-state index >= 15 is 0 Å². The van der Waals surface area contributed by atoms with Gasteiger partial charge in [0.1, 0.15) is 0 Å². The number of nitrogens with zero attached hydrogens (tertiary/aromatic N) is 1. The predicted molar refractivity (Wildman–Crippen MR) is 74.7 cm³/mol. The molecule has 0 aliphatic rings. The van der Waals surface area contributed by atoms with E-state index in [1.54, 1.807) is 19.0 Å². The Labute approximate surface area is 107 Å². The lowest BCUT2D eigenvalue weighted by molar-refractivity contribution is 0.0828. The third-order valence-electron chi connectivity index (χ3n) is 2.99. The molecule has 2 aromatic carbocycles. The van der Waals surface area contributed by atoms with E-state index in [1.165, 1.54) is 5.56 Å². The van der Waals surface area contributed by atoms with Crippen molar-refractivity contribution in [3.05, 3.63) is 47.5 Å². The lowest BCUT2D eigenvalue weighted by Gasteiger charge is -2.11. The molecule has 3 nitrogen and oxygen atoms in total. The molecule has 0 atom stereocenters. The van der Waals surface area contributed by atoms with Crippen LogP contribution in [0.2, 0.25) is 0 Å². The van der Waals surface area contributed by atoms with Crippen molar-refractivity contribution in [3.8, 4) is 0 Å². The Balaban J connectivity index is 2.41. The molecule has 18 heavy (non-hydrogen) atoms. The number of carbonyl (C=O) groups is 1. The van der Waals surface area contributed by atoms with Crippen molar-refractivity contribution < 1.29 is 4.79 Å². The molecule has 3 heteroatoms. The van der Waals surface area contributed by atoms with Gasteiger partial charge in [-0.3, -0.25) is 4.79 Å². The summed E-state index contributed by atoms with van der Waals surface area (Å²) in [4.78, 5) is 13.5. The summed E-state index contributed by atoms with van der Waals surface area (Å²) in [6, 6.07) is 12.0. The molecular weight excluding hydrogens is 224 g/mol. The Hall–Kier alpha value is -1.87. The number of amides is 1. The summed E-state index contributed by atoms with van der Waals surface area (Å²) in [5.41, 5.74) is 7.51. The molecule has 0 aliphatic heterocycles. The normalized spacial score (nSPS) is 10.6. The van der Waals surface area contributed by atoms with Gasteiger partial charge in [0, 0.05) is 19.7 Å². The number of fused-ring (bicyclic) bond motifs is 1. The summed E-state index contributed by atoms with van der Waals surface area (Å²) in [5.74, 6) is 0.0305. The van der Waals surface area contributed by atoms with E-state index in [1.807, 2.05) is 24.3 Å². The maximum Gasteiger partial charge on any atom is 0.253 e. The minimum atomic E-state index is 0.0305. The van der Waals surface area contributed by atoms with Crippen molar-refractivity contribution >= 4 is 16.7 Å². The quantitative estimate of drug-likeness (QED) is 0.895. The lowest BCUT2D eigenvalue weighted by atomic mass is 10.0. The number of hydrogen-bond acceptors (Lipinski definition) is 2. The Morgan fingerprint density at radius 3 is 2.44 bits per heavy atom. The first kappa shape index (κ1) is 12.6. The molecule has 0 aromatic heterocycles. The maximum atomic E-state index is 11.9. The molecular formula is C15H18N2O. The van der Waals surface area contributed by atoms with Gasteiger partial charge in [0.25, 0.3) is 5.91 Å². The van der Waals surface area contributed by atoms with Crippen molar-refractivity contribution in [2.75, 3.05) is 20.6 Å². The maximum absolute atomic E-state index is 11.9. The van der Waals surface area contributed by atoms with Gasteiger partial charge in [-0.05, 0) is 41.4 Å².